The molecule has 16 heavy (non-hydrogen) atoms. The fraction of sp³-hybridized carbons (Fsp3) is 0.417. The summed E-state index contributed by atoms with van der Waals surface area (Å²) in [6.45, 7) is 2.46. The highest BCUT2D eigenvalue weighted by molar-refractivity contribution is 6.04. The summed E-state index contributed by atoms with van der Waals surface area (Å²) in [6, 6.07) is 4.16. The topological polar surface area (TPSA) is 52.3 Å². The van der Waals surface area contributed by atoms with Gasteiger partial charge in [0.15, 0.2) is 5.78 Å². The van der Waals surface area contributed by atoms with Gasteiger partial charge in [0.2, 0.25) is 0 Å². The van der Waals surface area contributed by atoms with Gasteiger partial charge in [0.05, 0.1) is 6.61 Å². The molecule has 0 bridgehead atoms. The Balaban J connectivity index is 2.36. The van der Waals surface area contributed by atoms with E-state index in [-0.39, 0.29) is 12.4 Å². The van der Waals surface area contributed by atoms with Crippen molar-refractivity contribution in [3.05, 3.63) is 35.1 Å². The van der Waals surface area contributed by atoms with Gasteiger partial charge in [0, 0.05) is 12.2 Å². The highest BCUT2D eigenvalue weighted by atomic mass is 19.1. The van der Waals surface area contributed by atoms with Crippen molar-refractivity contribution >= 4 is 5.78 Å². The average molecular weight is 223 g/mol. The maximum Gasteiger partial charge on any atom is 0.185 e. The summed E-state index contributed by atoms with van der Waals surface area (Å²) in [5.41, 5.74) is 6.06. The molecule has 1 aliphatic heterocycles. The molecule has 0 amide bonds. The van der Waals surface area contributed by atoms with Crippen molar-refractivity contribution in [2.24, 2.45) is 5.73 Å². The van der Waals surface area contributed by atoms with E-state index < -0.39 is 11.4 Å². The second-order valence-corrected chi connectivity index (χ2v) is 4.25. The van der Waals surface area contributed by atoms with E-state index in [0.29, 0.717) is 18.6 Å². The van der Waals surface area contributed by atoms with E-state index in [1.165, 1.54) is 12.1 Å². The van der Waals surface area contributed by atoms with E-state index in [0.717, 1.165) is 5.56 Å². The molecule has 1 fully saturated rings. The normalized spacial score (nSPS) is 24.7. The Kier molecular flexibility index (Phi) is 2.78. The van der Waals surface area contributed by atoms with Gasteiger partial charge in [0.1, 0.15) is 11.4 Å². The quantitative estimate of drug-likeness (QED) is 0.772. The van der Waals surface area contributed by atoms with Gasteiger partial charge in [-0.3, -0.25) is 4.79 Å². The number of hydrogen-bond donors (Lipinski definition) is 1. The van der Waals surface area contributed by atoms with Gasteiger partial charge in [-0.25, -0.2) is 4.39 Å². The summed E-state index contributed by atoms with van der Waals surface area (Å²) in [6.07, 6.45) is 0.488. The molecule has 1 heterocycles. The van der Waals surface area contributed by atoms with E-state index in [1.807, 2.05) is 0 Å². The minimum atomic E-state index is -0.988. The van der Waals surface area contributed by atoms with Crippen molar-refractivity contribution in [3.63, 3.8) is 0 Å². The molecule has 0 spiro atoms. The first kappa shape index (κ1) is 11.2. The zero-order valence-electron chi connectivity index (χ0n) is 9.13. The van der Waals surface area contributed by atoms with E-state index >= 15 is 0 Å². The van der Waals surface area contributed by atoms with Gasteiger partial charge in [-0.1, -0.05) is 6.07 Å². The molecule has 2 N–H and O–H groups in total. The van der Waals surface area contributed by atoms with Crippen LogP contribution in [-0.4, -0.2) is 24.5 Å². The Bertz CT molecular complexity index is 425. The molecule has 1 aromatic rings. The Morgan fingerprint density at radius 2 is 2.31 bits per heavy atom. The number of carbonyl (C=O) groups is 1. The molecule has 1 unspecified atom stereocenters. The van der Waals surface area contributed by atoms with Crippen molar-refractivity contribution in [3.8, 4) is 0 Å². The van der Waals surface area contributed by atoms with Crippen molar-refractivity contribution in [1.82, 2.24) is 0 Å². The molecule has 0 radical (unpaired) electrons. The van der Waals surface area contributed by atoms with Crippen LogP contribution < -0.4 is 5.73 Å². The van der Waals surface area contributed by atoms with Crippen molar-refractivity contribution in [2.75, 3.05) is 13.2 Å². The van der Waals surface area contributed by atoms with Crippen LogP contribution in [0.3, 0.4) is 0 Å². The molecule has 3 nitrogen and oxygen atoms in total. The van der Waals surface area contributed by atoms with Gasteiger partial charge in [-0.05, 0) is 31.0 Å². The van der Waals surface area contributed by atoms with Crippen LogP contribution in [0.15, 0.2) is 18.2 Å². The van der Waals surface area contributed by atoms with Crippen LogP contribution >= 0.6 is 0 Å². The first-order chi connectivity index (χ1) is 7.53. The number of nitrogens with two attached hydrogens (primary N) is 1. The number of benzene rings is 1. The number of hydrogen-bond acceptors (Lipinski definition) is 3. The first-order valence-corrected chi connectivity index (χ1v) is 5.20. The summed E-state index contributed by atoms with van der Waals surface area (Å²) in [7, 11) is 0. The minimum absolute atomic E-state index is 0.210. The molecule has 0 aliphatic carbocycles. The Labute approximate surface area is 93.4 Å². The zero-order chi connectivity index (χ0) is 11.8. The predicted molar refractivity (Wildman–Crippen MR) is 57.8 cm³/mol. The van der Waals surface area contributed by atoms with Gasteiger partial charge < -0.3 is 10.5 Å². The minimum Gasteiger partial charge on any atom is -0.379 e. The molecule has 1 saturated heterocycles. The highest BCUT2D eigenvalue weighted by Gasteiger charge is 2.39. The second kappa shape index (κ2) is 3.96. The number of ether oxygens (including phenoxy) is 1. The predicted octanol–water partition coefficient (Wildman–Crippen LogP) is 1.43. The van der Waals surface area contributed by atoms with Crippen LogP contribution in [0.1, 0.15) is 22.3 Å². The lowest BCUT2D eigenvalue weighted by Gasteiger charge is -2.21. The van der Waals surface area contributed by atoms with Crippen LogP contribution in [0.25, 0.3) is 0 Å². The fourth-order valence-corrected chi connectivity index (χ4v) is 1.87. The lowest BCUT2D eigenvalue weighted by Crippen LogP contribution is -2.48. The van der Waals surface area contributed by atoms with Crippen LogP contribution in [0, 0.1) is 12.7 Å². The molecule has 4 heteroatoms. The van der Waals surface area contributed by atoms with Crippen LogP contribution in [0.5, 0.6) is 0 Å². The average Bonchev–Trinajstić information content (AvgIpc) is 2.69. The molecular formula is C12H14FNO2. The molecular weight excluding hydrogens is 209 g/mol. The van der Waals surface area contributed by atoms with Crippen LogP contribution in [-0.2, 0) is 4.74 Å². The van der Waals surface area contributed by atoms with E-state index in [9.17, 15) is 9.18 Å². The zero-order valence-corrected chi connectivity index (χ0v) is 9.13. The fourth-order valence-electron chi connectivity index (χ4n) is 1.87. The number of rotatable bonds is 2. The third kappa shape index (κ3) is 1.86. The summed E-state index contributed by atoms with van der Waals surface area (Å²) in [5, 5.41) is 0. The molecule has 1 aromatic carbocycles. The Morgan fingerprint density at radius 3 is 2.94 bits per heavy atom. The number of Topliss-reactive ketones (excluding diaryl/α,β-unsaturated/α-hetero) is 1. The highest BCUT2D eigenvalue weighted by Crippen LogP contribution is 2.23. The number of carbonyl (C=O) groups excluding carboxylic acids is 1. The van der Waals surface area contributed by atoms with Gasteiger partial charge >= 0.3 is 0 Å². The Morgan fingerprint density at radius 1 is 1.56 bits per heavy atom. The molecule has 2 rings (SSSR count). The van der Waals surface area contributed by atoms with Crippen LogP contribution in [0.4, 0.5) is 4.39 Å². The van der Waals surface area contributed by atoms with E-state index in [4.69, 9.17) is 10.5 Å². The molecule has 86 valence electrons. The van der Waals surface area contributed by atoms with Crippen molar-refractivity contribution in [1.29, 1.82) is 0 Å². The summed E-state index contributed by atoms with van der Waals surface area (Å²) < 4.78 is 18.2. The largest absolute Gasteiger partial charge is 0.379 e. The molecule has 0 aromatic heterocycles. The molecule has 0 saturated carbocycles. The number of ketones is 1. The summed E-state index contributed by atoms with van der Waals surface area (Å²) >= 11 is 0. The van der Waals surface area contributed by atoms with Crippen LogP contribution in [0.2, 0.25) is 0 Å². The van der Waals surface area contributed by atoms with Crippen molar-refractivity contribution in [2.45, 2.75) is 18.9 Å². The Hall–Kier alpha value is -1.26. The SMILES string of the molecule is Cc1ccc(F)cc1C(=O)C1(N)CCOC1. The van der Waals surface area contributed by atoms with E-state index in [1.54, 1.807) is 13.0 Å². The first-order valence-electron chi connectivity index (χ1n) is 5.20. The second-order valence-electron chi connectivity index (χ2n) is 4.25. The standard InChI is InChI=1S/C12H14FNO2/c1-8-2-3-9(13)6-10(8)11(15)12(14)4-5-16-7-12/h2-3,6H,4-5,7,14H2,1H3. The number of aryl methyl sites for hydroxylation is 1. The number of halogens is 1. The van der Waals surface area contributed by atoms with Gasteiger partial charge in [0.25, 0.3) is 0 Å². The smallest absolute Gasteiger partial charge is 0.185 e. The third-order valence-electron chi connectivity index (χ3n) is 2.95. The third-order valence-corrected chi connectivity index (χ3v) is 2.95. The van der Waals surface area contributed by atoms with Gasteiger partial charge in [-0.15, -0.1) is 0 Å². The molecule has 1 aliphatic rings. The van der Waals surface area contributed by atoms with Gasteiger partial charge in [-0.2, -0.15) is 0 Å². The summed E-state index contributed by atoms with van der Waals surface area (Å²) in [4.78, 5) is 12.2. The van der Waals surface area contributed by atoms with E-state index in [2.05, 4.69) is 0 Å². The maximum atomic E-state index is 13.1. The molecule has 1 atom stereocenters. The summed E-state index contributed by atoms with van der Waals surface area (Å²) in [5.74, 6) is -0.654. The van der Waals surface area contributed by atoms with Crippen molar-refractivity contribution < 1.29 is 13.9 Å². The maximum absolute atomic E-state index is 13.1. The monoisotopic (exact) mass is 223 g/mol. The lowest BCUT2D eigenvalue weighted by atomic mass is 9.88. The lowest BCUT2D eigenvalue weighted by molar-refractivity contribution is 0.0862.